The number of nitrogens with one attached hydrogen (secondary N) is 2. The van der Waals surface area contributed by atoms with Crippen molar-refractivity contribution < 1.29 is 19.1 Å². The quantitative estimate of drug-likeness (QED) is 0.562. The number of amides is 2. The van der Waals surface area contributed by atoms with Gasteiger partial charge in [-0.15, -0.1) is 0 Å². The number of hydrogen-bond acceptors (Lipinski definition) is 4. The Hall–Kier alpha value is -2.24. The summed E-state index contributed by atoms with van der Waals surface area (Å²) in [5.74, 6) is 1.08. The molecule has 23 heavy (non-hydrogen) atoms. The molecule has 0 bridgehead atoms. The summed E-state index contributed by atoms with van der Waals surface area (Å²) in [6.07, 6.45) is 1.22. The molecule has 0 radical (unpaired) electrons. The highest BCUT2D eigenvalue weighted by molar-refractivity contribution is 6.07. The lowest BCUT2D eigenvalue weighted by atomic mass is 10.0. The van der Waals surface area contributed by atoms with Crippen LogP contribution in [-0.2, 0) is 9.59 Å². The van der Waals surface area contributed by atoms with Crippen LogP contribution in [0.25, 0.3) is 0 Å². The fourth-order valence-electron chi connectivity index (χ4n) is 2.26. The van der Waals surface area contributed by atoms with Gasteiger partial charge >= 0.3 is 0 Å². The van der Waals surface area contributed by atoms with E-state index in [1.165, 1.54) is 0 Å². The van der Waals surface area contributed by atoms with E-state index in [1.807, 2.05) is 26.0 Å². The highest BCUT2D eigenvalue weighted by atomic mass is 16.5. The molecule has 0 unspecified atom stereocenters. The highest BCUT2D eigenvalue weighted by Crippen LogP contribution is 2.46. The number of hydrogen-bond donors (Lipinski definition) is 2. The standard InChI is InChI=1S/C17H24N2O4/c1-12(2)19-16(21)17(8-9-17)15(20)18-10-11-23-14-6-4-13(22-3)5-7-14/h4-7,12H,8-11H2,1-3H3,(H,18,20)(H,19,21). The Morgan fingerprint density at radius 2 is 1.74 bits per heavy atom. The van der Waals surface area contributed by atoms with Crippen molar-refractivity contribution >= 4 is 11.8 Å². The van der Waals surface area contributed by atoms with Gasteiger partial charge in [0.25, 0.3) is 0 Å². The molecule has 1 aliphatic carbocycles. The normalized spacial score (nSPS) is 15.0. The minimum Gasteiger partial charge on any atom is -0.497 e. The summed E-state index contributed by atoms with van der Waals surface area (Å²) in [6, 6.07) is 7.26. The van der Waals surface area contributed by atoms with Crippen molar-refractivity contribution in [2.45, 2.75) is 32.7 Å². The van der Waals surface area contributed by atoms with Crippen molar-refractivity contribution in [1.29, 1.82) is 0 Å². The van der Waals surface area contributed by atoms with Crippen molar-refractivity contribution in [1.82, 2.24) is 10.6 Å². The lowest BCUT2D eigenvalue weighted by molar-refractivity contribution is -0.137. The Kier molecular flexibility index (Phi) is 5.47. The van der Waals surface area contributed by atoms with E-state index in [0.717, 1.165) is 5.75 Å². The smallest absolute Gasteiger partial charge is 0.235 e. The predicted octanol–water partition coefficient (Wildman–Crippen LogP) is 1.49. The van der Waals surface area contributed by atoms with Gasteiger partial charge in [-0.1, -0.05) is 0 Å². The zero-order valence-electron chi connectivity index (χ0n) is 13.8. The lowest BCUT2D eigenvalue weighted by Crippen LogP contribution is -2.45. The molecule has 1 saturated carbocycles. The largest absolute Gasteiger partial charge is 0.497 e. The van der Waals surface area contributed by atoms with Gasteiger partial charge in [0.15, 0.2) is 0 Å². The summed E-state index contributed by atoms with van der Waals surface area (Å²) in [5, 5.41) is 5.59. The van der Waals surface area contributed by atoms with Crippen LogP contribution in [0, 0.1) is 5.41 Å². The predicted molar refractivity (Wildman–Crippen MR) is 86.4 cm³/mol. The van der Waals surface area contributed by atoms with E-state index in [9.17, 15) is 9.59 Å². The van der Waals surface area contributed by atoms with Crippen LogP contribution in [0.1, 0.15) is 26.7 Å². The first kappa shape index (κ1) is 17.1. The van der Waals surface area contributed by atoms with Crippen molar-refractivity contribution in [3.05, 3.63) is 24.3 Å². The van der Waals surface area contributed by atoms with E-state index in [0.29, 0.717) is 31.7 Å². The van der Waals surface area contributed by atoms with Gasteiger partial charge in [-0.2, -0.15) is 0 Å². The molecule has 1 aromatic rings. The van der Waals surface area contributed by atoms with Gasteiger partial charge in [-0.25, -0.2) is 0 Å². The molecule has 2 rings (SSSR count). The van der Waals surface area contributed by atoms with Crippen LogP contribution in [0.4, 0.5) is 0 Å². The third kappa shape index (κ3) is 4.37. The number of carbonyl (C=O) groups excluding carboxylic acids is 2. The van der Waals surface area contributed by atoms with Crippen LogP contribution in [0.15, 0.2) is 24.3 Å². The van der Waals surface area contributed by atoms with Crippen molar-refractivity contribution in [2.24, 2.45) is 5.41 Å². The van der Waals surface area contributed by atoms with Gasteiger partial charge in [0.1, 0.15) is 23.5 Å². The number of ether oxygens (including phenoxy) is 2. The molecule has 126 valence electrons. The van der Waals surface area contributed by atoms with Crippen LogP contribution in [-0.4, -0.2) is 38.1 Å². The first-order valence-electron chi connectivity index (χ1n) is 7.84. The fourth-order valence-corrected chi connectivity index (χ4v) is 2.26. The first-order valence-corrected chi connectivity index (χ1v) is 7.84. The molecule has 0 atom stereocenters. The van der Waals surface area contributed by atoms with Crippen molar-refractivity contribution in [3.8, 4) is 11.5 Å². The molecular formula is C17H24N2O4. The van der Waals surface area contributed by atoms with Crippen LogP contribution in [0.2, 0.25) is 0 Å². The summed E-state index contributed by atoms with van der Waals surface area (Å²) in [5.41, 5.74) is -0.871. The Labute approximate surface area is 136 Å². The van der Waals surface area contributed by atoms with Crippen LogP contribution < -0.4 is 20.1 Å². The fraction of sp³-hybridized carbons (Fsp3) is 0.529. The average molecular weight is 320 g/mol. The maximum Gasteiger partial charge on any atom is 0.235 e. The first-order chi connectivity index (χ1) is 11.0. The number of benzene rings is 1. The monoisotopic (exact) mass is 320 g/mol. The topological polar surface area (TPSA) is 76.7 Å². The second-order valence-electron chi connectivity index (χ2n) is 5.99. The van der Waals surface area contributed by atoms with E-state index in [4.69, 9.17) is 9.47 Å². The second-order valence-corrected chi connectivity index (χ2v) is 5.99. The highest BCUT2D eigenvalue weighted by Gasteiger charge is 2.56. The van der Waals surface area contributed by atoms with E-state index < -0.39 is 5.41 Å². The minimum atomic E-state index is -0.871. The van der Waals surface area contributed by atoms with Crippen LogP contribution >= 0.6 is 0 Å². The third-order valence-electron chi connectivity index (χ3n) is 3.75. The van der Waals surface area contributed by atoms with Gasteiger partial charge in [-0.05, 0) is 51.0 Å². The van der Waals surface area contributed by atoms with E-state index in [2.05, 4.69) is 10.6 Å². The molecule has 1 aliphatic rings. The van der Waals surface area contributed by atoms with Gasteiger partial charge < -0.3 is 20.1 Å². The molecule has 2 N–H and O–H groups in total. The molecule has 0 spiro atoms. The number of rotatable bonds is 8. The van der Waals surface area contributed by atoms with Crippen molar-refractivity contribution in [2.75, 3.05) is 20.3 Å². The van der Waals surface area contributed by atoms with E-state index >= 15 is 0 Å². The molecule has 0 aliphatic heterocycles. The lowest BCUT2D eigenvalue weighted by Gasteiger charge is -2.17. The summed E-state index contributed by atoms with van der Waals surface area (Å²) < 4.78 is 10.6. The summed E-state index contributed by atoms with van der Waals surface area (Å²) in [4.78, 5) is 24.3. The molecule has 0 saturated heterocycles. The summed E-state index contributed by atoms with van der Waals surface area (Å²) >= 11 is 0. The Morgan fingerprint density at radius 3 is 2.26 bits per heavy atom. The molecule has 6 nitrogen and oxygen atoms in total. The zero-order chi connectivity index (χ0) is 16.9. The molecular weight excluding hydrogens is 296 g/mol. The minimum absolute atomic E-state index is 0.0335. The number of carbonyl (C=O) groups is 2. The SMILES string of the molecule is COc1ccc(OCCNC(=O)C2(C(=O)NC(C)C)CC2)cc1. The van der Waals surface area contributed by atoms with Crippen LogP contribution in [0.3, 0.4) is 0 Å². The summed E-state index contributed by atoms with van der Waals surface area (Å²) in [6.45, 7) is 4.48. The molecule has 6 heteroatoms. The third-order valence-corrected chi connectivity index (χ3v) is 3.75. The maximum absolute atomic E-state index is 12.2. The molecule has 1 fully saturated rings. The van der Waals surface area contributed by atoms with Crippen LogP contribution in [0.5, 0.6) is 11.5 Å². The molecule has 0 aromatic heterocycles. The average Bonchev–Trinajstić information content (AvgIpc) is 3.33. The van der Waals surface area contributed by atoms with Gasteiger partial charge in [0, 0.05) is 6.04 Å². The summed E-state index contributed by atoms with van der Waals surface area (Å²) in [7, 11) is 1.61. The van der Waals surface area contributed by atoms with Gasteiger partial charge in [-0.3, -0.25) is 9.59 Å². The zero-order valence-corrected chi connectivity index (χ0v) is 13.8. The second kappa shape index (κ2) is 7.35. The molecule has 2 amide bonds. The van der Waals surface area contributed by atoms with Gasteiger partial charge in [0.2, 0.25) is 11.8 Å². The van der Waals surface area contributed by atoms with E-state index in [1.54, 1.807) is 19.2 Å². The Balaban J connectivity index is 1.73. The van der Waals surface area contributed by atoms with Gasteiger partial charge in [0.05, 0.1) is 13.7 Å². The molecule has 0 heterocycles. The Morgan fingerprint density at radius 1 is 1.13 bits per heavy atom. The van der Waals surface area contributed by atoms with Crippen molar-refractivity contribution in [3.63, 3.8) is 0 Å². The maximum atomic E-state index is 12.2. The number of methoxy groups -OCH3 is 1. The molecule has 1 aromatic carbocycles. The Bertz CT molecular complexity index is 550. The van der Waals surface area contributed by atoms with E-state index in [-0.39, 0.29) is 17.9 Å².